The number of pyridine rings is 1. The van der Waals surface area contributed by atoms with Crippen LogP contribution in [0.1, 0.15) is 35.7 Å². The van der Waals surface area contributed by atoms with Crippen LogP contribution < -0.4 is 5.73 Å². The van der Waals surface area contributed by atoms with Crippen LogP contribution in [0.15, 0.2) is 46.5 Å². The van der Waals surface area contributed by atoms with E-state index in [1.54, 1.807) is 0 Å². The number of aromatic nitrogens is 1. The molecule has 2 aromatic rings. The molecule has 0 aliphatic carbocycles. The van der Waals surface area contributed by atoms with E-state index in [0.717, 1.165) is 4.90 Å². The number of nitrogen functional groups attached to an aromatic ring is 1. The number of carboxylic acids is 1. The quantitative estimate of drug-likeness (QED) is 0.898. The SMILES string of the molecule is CC(C)c1ccc(Sc2ncc(N)cc2C(=O)O)cc1. The maximum atomic E-state index is 11.2. The normalized spacial score (nSPS) is 10.8. The van der Waals surface area contributed by atoms with Crippen molar-refractivity contribution in [1.82, 2.24) is 4.98 Å². The Morgan fingerprint density at radius 2 is 1.95 bits per heavy atom. The Morgan fingerprint density at radius 1 is 1.30 bits per heavy atom. The van der Waals surface area contributed by atoms with Crippen LogP contribution in [0.3, 0.4) is 0 Å². The first-order valence-corrected chi connectivity index (χ1v) is 7.05. The molecule has 2 rings (SSSR count). The van der Waals surface area contributed by atoms with Crippen LogP contribution in [0, 0.1) is 0 Å². The van der Waals surface area contributed by atoms with Crippen molar-refractivity contribution in [2.75, 3.05) is 5.73 Å². The summed E-state index contributed by atoms with van der Waals surface area (Å²) in [5, 5.41) is 9.62. The van der Waals surface area contributed by atoms with Gasteiger partial charge in [-0.1, -0.05) is 37.7 Å². The third kappa shape index (κ3) is 3.30. The van der Waals surface area contributed by atoms with Gasteiger partial charge in [0.1, 0.15) is 5.03 Å². The Kier molecular flexibility index (Phi) is 4.29. The second kappa shape index (κ2) is 5.96. The van der Waals surface area contributed by atoms with Crippen LogP contribution in [0.4, 0.5) is 5.69 Å². The Hall–Kier alpha value is -2.01. The molecule has 0 fully saturated rings. The zero-order valence-electron chi connectivity index (χ0n) is 11.3. The highest BCUT2D eigenvalue weighted by molar-refractivity contribution is 7.99. The van der Waals surface area contributed by atoms with Gasteiger partial charge in [-0.05, 0) is 29.7 Å². The summed E-state index contributed by atoms with van der Waals surface area (Å²) in [4.78, 5) is 16.3. The van der Waals surface area contributed by atoms with E-state index in [1.165, 1.54) is 29.6 Å². The van der Waals surface area contributed by atoms with Crippen molar-refractivity contribution >= 4 is 23.4 Å². The second-order valence-electron chi connectivity index (χ2n) is 4.75. The monoisotopic (exact) mass is 288 g/mol. The minimum atomic E-state index is -1.02. The van der Waals surface area contributed by atoms with Gasteiger partial charge in [-0.15, -0.1) is 0 Å². The highest BCUT2D eigenvalue weighted by atomic mass is 32.2. The Balaban J connectivity index is 2.28. The molecule has 0 bridgehead atoms. The first kappa shape index (κ1) is 14.4. The number of hydrogen-bond acceptors (Lipinski definition) is 4. The van der Waals surface area contributed by atoms with Crippen LogP contribution in [-0.2, 0) is 0 Å². The molecule has 0 saturated heterocycles. The minimum Gasteiger partial charge on any atom is -0.478 e. The average Bonchev–Trinajstić information content (AvgIpc) is 2.41. The first-order chi connectivity index (χ1) is 9.47. The van der Waals surface area contributed by atoms with Gasteiger partial charge in [0.05, 0.1) is 17.4 Å². The summed E-state index contributed by atoms with van der Waals surface area (Å²) in [5.74, 6) is -0.552. The van der Waals surface area contributed by atoms with E-state index in [2.05, 4.69) is 18.8 Å². The molecule has 3 N–H and O–H groups in total. The van der Waals surface area contributed by atoms with E-state index >= 15 is 0 Å². The summed E-state index contributed by atoms with van der Waals surface area (Å²) in [6, 6.07) is 9.48. The van der Waals surface area contributed by atoms with Gasteiger partial charge in [-0.2, -0.15) is 0 Å². The lowest BCUT2D eigenvalue weighted by atomic mass is 10.0. The van der Waals surface area contributed by atoms with E-state index in [0.29, 0.717) is 16.6 Å². The van der Waals surface area contributed by atoms with Crippen LogP contribution in [0.25, 0.3) is 0 Å². The van der Waals surface area contributed by atoms with Gasteiger partial charge in [0.15, 0.2) is 0 Å². The summed E-state index contributed by atoms with van der Waals surface area (Å²) in [7, 11) is 0. The summed E-state index contributed by atoms with van der Waals surface area (Å²) >= 11 is 1.32. The smallest absolute Gasteiger partial charge is 0.338 e. The van der Waals surface area contributed by atoms with Crippen LogP contribution in [0.5, 0.6) is 0 Å². The number of nitrogens with zero attached hydrogens (tertiary/aromatic N) is 1. The molecule has 104 valence electrons. The molecule has 5 heteroatoms. The number of aromatic carboxylic acids is 1. The second-order valence-corrected chi connectivity index (χ2v) is 5.81. The summed E-state index contributed by atoms with van der Waals surface area (Å²) in [6.45, 7) is 4.26. The summed E-state index contributed by atoms with van der Waals surface area (Å²) in [5.41, 5.74) is 7.30. The molecule has 1 heterocycles. The maximum absolute atomic E-state index is 11.2. The number of hydrogen-bond donors (Lipinski definition) is 2. The number of benzene rings is 1. The third-order valence-corrected chi connectivity index (χ3v) is 3.89. The molecule has 20 heavy (non-hydrogen) atoms. The first-order valence-electron chi connectivity index (χ1n) is 6.24. The van der Waals surface area contributed by atoms with Crippen LogP contribution in [-0.4, -0.2) is 16.1 Å². The van der Waals surface area contributed by atoms with Crippen LogP contribution >= 0.6 is 11.8 Å². The molecule has 0 unspecified atom stereocenters. The molecule has 0 aliphatic rings. The van der Waals surface area contributed by atoms with Gasteiger partial charge < -0.3 is 10.8 Å². The molecule has 1 aromatic carbocycles. The van der Waals surface area contributed by atoms with Crippen molar-refractivity contribution < 1.29 is 9.90 Å². The molecule has 0 amide bonds. The molecule has 0 aliphatic heterocycles. The minimum absolute atomic E-state index is 0.128. The molecular weight excluding hydrogens is 272 g/mol. The Bertz CT molecular complexity index is 624. The lowest BCUT2D eigenvalue weighted by Gasteiger charge is -2.08. The Morgan fingerprint density at radius 3 is 2.50 bits per heavy atom. The highest BCUT2D eigenvalue weighted by Crippen LogP contribution is 2.30. The summed E-state index contributed by atoms with van der Waals surface area (Å²) < 4.78 is 0. The molecule has 0 atom stereocenters. The van der Waals surface area contributed by atoms with E-state index in [1.807, 2.05) is 24.3 Å². The van der Waals surface area contributed by atoms with E-state index < -0.39 is 5.97 Å². The van der Waals surface area contributed by atoms with Gasteiger partial charge in [-0.3, -0.25) is 0 Å². The highest BCUT2D eigenvalue weighted by Gasteiger charge is 2.13. The number of rotatable bonds is 4. The van der Waals surface area contributed by atoms with Crippen molar-refractivity contribution in [2.24, 2.45) is 0 Å². The van der Waals surface area contributed by atoms with Gasteiger partial charge in [-0.25, -0.2) is 9.78 Å². The van der Waals surface area contributed by atoms with E-state index in [9.17, 15) is 9.90 Å². The number of anilines is 1. The number of carbonyl (C=O) groups is 1. The van der Waals surface area contributed by atoms with Gasteiger partial charge in [0.2, 0.25) is 0 Å². The fourth-order valence-corrected chi connectivity index (χ4v) is 2.59. The predicted molar refractivity (Wildman–Crippen MR) is 80.3 cm³/mol. The van der Waals surface area contributed by atoms with Gasteiger partial charge >= 0.3 is 5.97 Å². The molecule has 4 nitrogen and oxygen atoms in total. The number of nitrogens with two attached hydrogens (primary N) is 1. The third-order valence-electron chi connectivity index (χ3n) is 2.86. The van der Waals surface area contributed by atoms with E-state index in [-0.39, 0.29) is 5.56 Å². The zero-order chi connectivity index (χ0) is 14.7. The molecule has 0 spiro atoms. The number of carboxylic acid groups (broad SMARTS) is 1. The van der Waals surface area contributed by atoms with E-state index in [4.69, 9.17) is 5.73 Å². The molecular formula is C15H16N2O2S. The van der Waals surface area contributed by atoms with Crippen molar-refractivity contribution in [2.45, 2.75) is 29.7 Å². The van der Waals surface area contributed by atoms with Crippen LogP contribution in [0.2, 0.25) is 0 Å². The van der Waals surface area contributed by atoms with Gasteiger partial charge in [0, 0.05) is 4.90 Å². The zero-order valence-corrected chi connectivity index (χ0v) is 12.1. The van der Waals surface area contributed by atoms with Crippen molar-refractivity contribution in [3.05, 3.63) is 47.7 Å². The largest absolute Gasteiger partial charge is 0.478 e. The fraction of sp³-hybridized carbons (Fsp3) is 0.200. The van der Waals surface area contributed by atoms with Gasteiger partial charge in [0.25, 0.3) is 0 Å². The molecule has 1 aromatic heterocycles. The van der Waals surface area contributed by atoms with Crippen molar-refractivity contribution in [3.8, 4) is 0 Å². The average molecular weight is 288 g/mol. The Labute approximate surface area is 122 Å². The standard InChI is InChI=1S/C15H16N2O2S/c1-9(2)10-3-5-12(6-4-10)20-14-13(15(18)19)7-11(16)8-17-14/h3-9H,16H2,1-2H3,(H,18,19). The van der Waals surface area contributed by atoms with Crippen molar-refractivity contribution in [3.63, 3.8) is 0 Å². The predicted octanol–water partition coefficient (Wildman–Crippen LogP) is 3.64. The lowest BCUT2D eigenvalue weighted by Crippen LogP contribution is -2.02. The topological polar surface area (TPSA) is 76.2 Å². The summed E-state index contributed by atoms with van der Waals surface area (Å²) in [6.07, 6.45) is 1.47. The fourth-order valence-electron chi connectivity index (χ4n) is 1.74. The molecule has 0 radical (unpaired) electrons. The molecule has 0 saturated carbocycles. The maximum Gasteiger partial charge on any atom is 0.338 e. The van der Waals surface area contributed by atoms with Crippen molar-refractivity contribution in [1.29, 1.82) is 0 Å². The lowest BCUT2D eigenvalue weighted by molar-refractivity contribution is 0.0692.